The summed E-state index contributed by atoms with van der Waals surface area (Å²) in [6.07, 6.45) is 37.1. The second kappa shape index (κ2) is 38.7. The van der Waals surface area contributed by atoms with Crippen molar-refractivity contribution in [2.24, 2.45) is 0 Å². The van der Waals surface area contributed by atoms with Crippen molar-refractivity contribution in [3.63, 3.8) is 0 Å². The maximum atomic E-state index is 12.6. The molecular weight excluding hydrogens is 695 g/mol. The van der Waals surface area contributed by atoms with Crippen molar-refractivity contribution in [3.8, 4) is 0 Å². The number of ether oxygens (including phenoxy) is 2. The third-order valence-corrected chi connectivity index (χ3v) is 10.0. The van der Waals surface area contributed by atoms with Gasteiger partial charge in [0.2, 0.25) is 0 Å². The van der Waals surface area contributed by atoms with Crippen molar-refractivity contribution in [2.75, 3.05) is 26.4 Å². The zero-order chi connectivity index (χ0) is 39.1. The Labute approximate surface area is 323 Å². The maximum Gasteiger partial charge on any atom is 0.472 e. The van der Waals surface area contributed by atoms with E-state index in [0.717, 1.165) is 64.2 Å². The Morgan fingerprint density at radius 3 is 1.38 bits per heavy atom. The summed E-state index contributed by atoms with van der Waals surface area (Å²) in [5, 5.41) is 18.3. The first kappa shape index (κ1) is 51.5. The van der Waals surface area contributed by atoms with E-state index in [0.29, 0.717) is 12.8 Å². The lowest BCUT2D eigenvalue weighted by atomic mass is 10.1. The summed E-state index contributed by atoms with van der Waals surface area (Å²) in [6, 6.07) is 0. The molecule has 0 aromatic carbocycles. The van der Waals surface area contributed by atoms with Crippen LogP contribution in [0.4, 0.5) is 0 Å². The van der Waals surface area contributed by atoms with Crippen LogP contribution in [0.2, 0.25) is 0 Å². The fourth-order valence-corrected chi connectivity index (χ4v) is 6.54. The molecule has 0 spiro atoms. The Balaban J connectivity index is 4.31. The Kier molecular flexibility index (Phi) is 37.6. The molecule has 0 aliphatic carbocycles. The van der Waals surface area contributed by atoms with Crippen LogP contribution in [0, 0.1) is 0 Å². The minimum Gasteiger partial charge on any atom is -0.462 e. The molecule has 10 nitrogen and oxygen atoms in total. The molecule has 53 heavy (non-hydrogen) atoms. The van der Waals surface area contributed by atoms with Gasteiger partial charge in [0, 0.05) is 12.8 Å². The highest BCUT2D eigenvalue weighted by Gasteiger charge is 2.27. The van der Waals surface area contributed by atoms with Crippen molar-refractivity contribution in [3.05, 3.63) is 24.3 Å². The first-order valence-corrected chi connectivity index (χ1v) is 22.8. The van der Waals surface area contributed by atoms with Gasteiger partial charge in [-0.15, -0.1) is 0 Å². The van der Waals surface area contributed by atoms with Crippen LogP contribution in [0.3, 0.4) is 0 Å². The molecule has 0 radical (unpaired) electrons. The molecule has 3 unspecified atom stereocenters. The summed E-state index contributed by atoms with van der Waals surface area (Å²) in [6.45, 7) is 2.35. The van der Waals surface area contributed by atoms with Crippen molar-refractivity contribution >= 4 is 19.8 Å². The summed E-state index contributed by atoms with van der Waals surface area (Å²) >= 11 is 0. The highest BCUT2D eigenvalue weighted by atomic mass is 31.2. The van der Waals surface area contributed by atoms with E-state index in [2.05, 4.69) is 42.7 Å². The number of hydrogen-bond acceptors (Lipinski definition) is 9. The Morgan fingerprint density at radius 2 is 0.925 bits per heavy atom. The standard InChI is InChI=1S/C42H79O10P/c1-3-5-7-9-11-13-15-17-18-19-20-22-24-26-28-30-32-34-42(46)52-40(38-51-53(47,48)50-36-39(44)35-43)37-49-41(45)33-31-29-27-25-23-21-16-14-12-10-8-6-4-2/h14,16-18,39-40,43-44H,3-13,15,19-38H2,1-2H3,(H,47,48)/b16-14-,18-17-. The minimum atomic E-state index is -4.61. The van der Waals surface area contributed by atoms with Crippen LogP contribution in [0.25, 0.3) is 0 Å². The van der Waals surface area contributed by atoms with Crippen LogP contribution in [-0.2, 0) is 32.7 Å². The van der Waals surface area contributed by atoms with Gasteiger partial charge in [0.25, 0.3) is 0 Å². The summed E-state index contributed by atoms with van der Waals surface area (Å²) in [7, 11) is -4.61. The number of esters is 2. The zero-order valence-electron chi connectivity index (χ0n) is 33.7. The van der Waals surface area contributed by atoms with Crippen LogP contribution >= 0.6 is 7.82 Å². The van der Waals surface area contributed by atoms with Crippen LogP contribution in [0.1, 0.15) is 194 Å². The maximum absolute atomic E-state index is 12.6. The van der Waals surface area contributed by atoms with Gasteiger partial charge in [-0.2, -0.15) is 0 Å². The van der Waals surface area contributed by atoms with E-state index in [9.17, 15) is 24.2 Å². The van der Waals surface area contributed by atoms with Crippen molar-refractivity contribution in [1.82, 2.24) is 0 Å². The van der Waals surface area contributed by atoms with E-state index >= 15 is 0 Å². The van der Waals surface area contributed by atoms with Gasteiger partial charge in [-0.05, 0) is 64.2 Å². The lowest BCUT2D eigenvalue weighted by molar-refractivity contribution is -0.161. The van der Waals surface area contributed by atoms with Crippen LogP contribution < -0.4 is 0 Å². The number of carbonyl (C=O) groups excluding carboxylic acids is 2. The SMILES string of the molecule is CCCCCC/C=C\CCCCCCCC(=O)OCC(COP(=O)(O)OCC(O)CO)OC(=O)CCCCCCCCC/C=C\CCCCCCCC. The smallest absolute Gasteiger partial charge is 0.462 e. The third kappa shape index (κ3) is 38.5. The Hall–Kier alpha value is -1.55. The van der Waals surface area contributed by atoms with E-state index in [4.69, 9.17) is 19.1 Å². The molecule has 0 fully saturated rings. The summed E-state index contributed by atoms with van der Waals surface area (Å²) in [5.41, 5.74) is 0. The van der Waals surface area contributed by atoms with Crippen molar-refractivity contribution in [1.29, 1.82) is 0 Å². The molecule has 0 saturated carbocycles. The predicted molar refractivity (Wildman–Crippen MR) is 215 cm³/mol. The van der Waals surface area contributed by atoms with Crippen molar-refractivity contribution < 1.29 is 47.8 Å². The van der Waals surface area contributed by atoms with Gasteiger partial charge in [-0.3, -0.25) is 18.6 Å². The lowest BCUT2D eigenvalue weighted by Gasteiger charge is -2.20. The molecule has 11 heteroatoms. The van der Waals surface area contributed by atoms with Gasteiger partial charge in [-0.25, -0.2) is 4.57 Å². The van der Waals surface area contributed by atoms with Gasteiger partial charge in [0.15, 0.2) is 6.10 Å². The first-order chi connectivity index (χ1) is 25.7. The summed E-state index contributed by atoms with van der Waals surface area (Å²) in [5.74, 6) is -0.936. The number of aliphatic hydroxyl groups is 2. The lowest BCUT2D eigenvalue weighted by Crippen LogP contribution is -2.29. The first-order valence-electron chi connectivity index (χ1n) is 21.3. The molecule has 0 aliphatic heterocycles. The van der Waals surface area contributed by atoms with Gasteiger partial charge < -0.3 is 24.6 Å². The molecule has 0 heterocycles. The summed E-state index contributed by atoms with van der Waals surface area (Å²) in [4.78, 5) is 34.9. The Bertz CT molecular complexity index is 941. The van der Waals surface area contributed by atoms with Crippen LogP contribution in [0.5, 0.6) is 0 Å². The third-order valence-electron chi connectivity index (χ3n) is 9.08. The molecule has 3 N–H and O–H groups in total. The Morgan fingerprint density at radius 1 is 0.547 bits per heavy atom. The molecule has 0 bridgehead atoms. The number of hydrogen-bond donors (Lipinski definition) is 3. The topological polar surface area (TPSA) is 149 Å². The molecule has 0 saturated heterocycles. The van der Waals surface area contributed by atoms with Crippen LogP contribution in [0.15, 0.2) is 24.3 Å². The molecule has 0 aromatic heterocycles. The highest BCUT2D eigenvalue weighted by Crippen LogP contribution is 2.43. The largest absolute Gasteiger partial charge is 0.472 e. The van der Waals surface area contributed by atoms with Crippen LogP contribution in [-0.4, -0.2) is 65.7 Å². The van der Waals surface area contributed by atoms with Gasteiger partial charge in [-0.1, -0.05) is 141 Å². The average molecular weight is 775 g/mol. The van der Waals surface area contributed by atoms with E-state index in [1.807, 2.05) is 0 Å². The van der Waals surface area contributed by atoms with Gasteiger partial charge >= 0.3 is 19.8 Å². The number of rotatable bonds is 40. The average Bonchev–Trinajstić information content (AvgIpc) is 3.14. The number of phosphoric acid groups is 1. The monoisotopic (exact) mass is 775 g/mol. The molecular formula is C42H79O10P. The fourth-order valence-electron chi connectivity index (χ4n) is 5.75. The van der Waals surface area contributed by atoms with E-state index in [1.165, 1.54) is 89.9 Å². The predicted octanol–water partition coefficient (Wildman–Crippen LogP) is 11.0. The normalized spacial score (nSPS) is 14.1. The zero-order valence-corrected chi connectivity index (χ0v) is 34.6. The number of aliphatic hydroxyl groups excluding tert-OH is 2. The molecule has 0 aliphatic rings. The number of unbranched alkanes of at least 4 members (excludes halogenated alkanes) is 22. The fraction of sp³-hybridized carbons (Fsp3) is 0.857. The molecule has 3 atom stereocenters. The molecule has 0 amide bonds. The quantitative estimate of drug-likeness (QED) is 0.0238. The molecule has 312 valence electrons. The second-order valence-electron chi connectivity index (χ2n) is 14.4. The molecule has 0 rings (SSSR count). The van der Waals surface area contributed by atoms with E-state index in [1.54, 1.807) is 0 Å². The van der Waals surface area contributed by atoms with E-state index < -0.39 is 51.8 Å². The van der Waals surface area contributed by atoms with E-state index in [-0.39, 0.29) is 19.4 Å². The minimum absolute atomic E-state index is 0.179. The number of phosphoric ester groups is 1. The number of carbonyl (C=O) groups is 2. The molecule has 0 aromatic rings. The van der Waals surface area contributed by atoms with Crippen molar-refractivity contribution in [2.45, 2.75) is 206 Å². The number of allylic oxidation sites excluding steroid dienone is 4. The van der Waals surface area contributed by atoms with Gasteiger partial charge in [0.1, 0.15) is 12.7 Å². The second-order valence-corrected chi connectivity index (χ2v) is 15.8. The summed E-state index contributed by atoms with van der Waals surface area (Å²) < 4.78 is 32.7. The highest BCUT2D eigenvalue weighted by molar-refractivity contribution is 7.47. The van der Waals surface area contributed by atoms with Gasteiger partial charge in [0.05, 0.1) is 19.8 Å².